The lowest BCUT2D eigenvalue weighted by atomic mass is 10.0. The van der Waals surface area contributed by atoms with Gasteiger partial charge in [0.2, 0.25) is 0 Å². The molecule has 0 aliphatic carbocycles. The summed E-state index contributed by atoms with van der Waals surface area (Å²) in [6.07, 6.45) is 1.02. The van der Waals surface area contributed by atoms with E-state index < -0.39 is 5.97 Å². The molecule has 20 heavy (non-hydrogen) atoms. The lowest BCUT2D eigenvalue weighted by Crippen LogP contribution is -2.10. The number of nitrogens with one attached hydrogen (secondary N) is 1. The highest BCUT2D eigenvalue weighted by Crippen LogP contribution is 2.22. The van der Waals surface area contributed by atoms with Crippen LogP contribution < -0.4 is 5.32 Å². The molecule has 1 unspecified atom stereocenters. The standard InChI is InChI=1S/C17H19NO2/c1-3-13-8-10-14(11-9-13)12(2)18-16-7-5-4-6-15(16)17(19)20/h4-12,18H,3H2,1-2H3,(H,19,20). The topological polar surface area (TPSA) is 49.3 Å². The second kappa shape index (κ2) is 6.24. The normalized spacial score (nSPS) is 11.9. The summed E-state index contributed by atoms with van der Waals surface area (Å²) in [6.45, 7) is 4.15. The zero-order valence-corrected chi connectivity index (χ0v) is 11.8. The number of hydrogen-bond acceptors (Lipinski definition) is 2. The van der Waals surface area contributed by atoms with Crippen LogP contribution in [0.1, 0.15) is 41.4 Å². The largest absolute Gasteiger partial charge is 0.478 e. The van der Waals surface area contributed by atoms with Crippen molar-refractivity contribution in [2.75, 3.05) is 5.32 Å². The number of aryl methyl sites for hydroxylation is 1. The summed E-state index contributed by atoms with van der Waals surface area (Å²) < 4.78 is 0. The lowest BCUT2D eigenvalue weighted by molar-refractivity contribution is 0.0698. The molecule has 0 aliphatic rings. The van der Waals surface area contributed by atoms with Gasteiger partial charge in [-0.2, -0.15) is 0 Å². The molecule has 2 aromatic rings. The van der Waals surface area contributed by atoms with Crippen LogP contribution in [0.4, 0.5) is 5.69 Å². The first-order valence-corrected chi connectivity index (χ1v) is 6.79. The molecule has 1 atom stereocenters. The molecule has 3 heteroatoms. The molecular weight excluding hydrogens is 250 g/mol. The van der Waals surface area contributed by atoms with Gasteiger partial charge in [0.25, 0.3) is 0 Å². The monoisotopic (exact) mass is 269 g/mol. The van der Waals surface area contributed by atoms with E-state index in [9.17, 15) is 9.90 Å². The Hall–Kier alpha value is -2.29. The third kappa shape index (κ3) is 3.18. The van der Waals surface area contributed by atoms with Gasteiger partial charge < -0.3 is 10.4 Å². The van der Waals surface area contributed by atoms with E-state index >= 15 is 0 Å². The van der Waals surface area contributed by atoms with Crippen LogP contribution in [0.25, 0.3) is 0 Å². The maximum absolute atomic E-state index is 11.2. The van der Waals surface area contributed by atoms with Crippen molar-refractivity contribution < 1.29 is 9.90 Å². The number of anilines is 1. The second-order valence-electron chi connectivity index (χ2n) is 4.81. The van der Waals surface area contributed by atoms with Crippen LogP contribution in [-0.2, 0) is 6.42 Å². The smallest absolute Gasteiger partial charge is 0.337 e. The molecule has 0 saturated heterocycles. The number of para-hydroxylation sites is 1. The summed E-state index contributed by atoms with van der Waals surface area (Å²) in [4.78, 5) is 11.2. The molecule has 0 spiro atoms. The molecule has 0 radical (unpaired) electrons. The zero-order chi connectivity index (χ0) is 14.5. The van der Waals surface area contributed by atoms with Crippen molar-refractivity contribution in [1.29, 1.82) is 0 Å². The molecule has 0 heterocycles. The third-order valence-electron chi connectivity index (χ3n) is 3.42. The number of carboxylic acids is 1. The molecule has 2 N–H and O–H groups in total. The van der Waals surface area contributed by atoms with E-state index in [0.29, 0.717) is 11.3 Å². The number of aromatic carboxylic acids is 1. The summed E-state index contributed by atoms with van der Waals surface area (Å²) in [5.41, 5.74) is 3.38. The number of hydrogen-bond donors (Lipinski definition) is 2. The Balaban J connectivity index is 2.18. The van der Waals surface area contributed by atoms with Crippen LogP contribution >= 0.6 is 0 Å². The van der Waals surface area contributed by atoms with Crippen LogP contribution in [-0.4, -0.2) is 11.1 Å². The Bertz CT molecular complexity index is 590. The maximum Gasteiger partial charge on any atom is 0.337 e. The highest BCUT2D eigenvalue weighted by Gasteiger charge is 2.12. The van der Waals surface area contributed by atoms with E-state index in [-0.39, 0.29) is 6.04 Å². The Labute approximate surface area is 119 Å². The van der Waals surface area contributed by atoms with Crippen molar-refractivity contribution in [3.05, 3.63) is 65.2 Å². The first-order valence-electron chi connectivity index (χ1n) is 6.79. The molecule has 0 aliphatic heterocycles. The van der Waals surface area contributed by atoms with Gasteiger partial charge >= 0.3 is 5.97 Å². The molecule has 2 rings (SSSR count). The van der Waals surface area contributed by atoms with Crippen molar-refractivity contribution in [2.24, 2.45) is 0 Å². The van der Waals surface area contributed by atoms with Gasteiger partial charge in [-0.05, 0) is 36.6 Å². The maximum atomic E-state index is 11.2. The zero-order valence-electron chi connectivity index (χ0n) is 11.8. The van der Waals surface area contributed by atoms with Gasteiger partial charge in [-0.1, -0.05) is 43.3 Å². The SMILES string of the molecule is CCc1ccc(C(C)Nc2ccccc2C(=O)O)cc1. The van der Waals surface area contributed by atoms with Crippen molar-refractivity contribution in [3.8, 4) is 0 Å². The fraction of sp³-hybridized carbons (Fsp3) is 0.235. The van der Waals surface area contributed by atoms with Crippen molar-refractivity contribution in [3.63, 3.8) is 0 Å². The minimum atomic E-state index is -0.915. The predicted molar refractivity (Wildman–Crippen MR) is 81.3 cm³/mol. The van der Waals surface area contributed by atoms with E-state index in [1.165, 1.54) is 5.56 Å². The Morgan fingerprint density at radius 2 is 1.80 bits per heavy atom. The molecule has 2 aromatic carbocycles. The summed E-state index contributed by atoms with van der Waals surface area (Å²) >= 11 is 0. The number of benzene rings is 2. The van der Waals surface area contributed by atoms with E-state index in [2.05, 4.69) is 36.5 Å². The van der Waals surface area contributed by atoms with Gasteiger partial charge in [0.1, 0.15) is 0 Å². The van der Waals surface area contributed by atoms with Crippen molar-refractivity contribution in [1.82, 2.24) is 0 Å². The van der Waals surface area contributed by atoms with Gasteiger partial charge in [-0.3, -0.25) is 0 Å². The summed E-state index contributed by atoms with van der Waals surface area (Å²) in [5.74, 6) is -0.915. The fourth-order valence-corrected chi connectivity index (χ4v) is 2.15. The average Bonchev–Trinajstić information content (AvgIpc) is 2.47. The molecule has 0 amide bonds. The first-order chi connectivity index (χ1) is 9.61. The number of carbonyl (C=O) groups is 1. The molecule has 104 valence electrons. The van der Waals surface area contributed by atoms with Gasteiger partial charge in [-0.25, -0.2) is 4.79 Å². The fourth-order valence-electron chi connectivity index (χ4n) is 2.15. The summed E-state index contributed by atoms with van der Waals surface area (Å²) in [7, 11) is 0. The van der Waals surface area contributed by atoms with Crippen molar-refractivity contribution >= 4 is 11.7 Å². The van der Waals surface area contributed by atoms with E-state index in [0.717, 1.165) is 12.0 Å². The average molecular weight is 269 g/mol. The summed E-state index contributed by atoms with van der Waals surface area (Å²) in [6, 6.07) is 15.4. The molecule has 0 aromatic heterocycles. The van der Waals surface area contributed by atoms with Gasteiger partial charge in [-0.15, -0.1) is 0 Å². The molecule has 0 bridgehead atoms. The molecular formula is C17H19NO2. The molecule has 0 fully saturated rings. The lowest BCUT2D eigenvalue weighted by Gasteiger charge is -2.17. The van der Waals surface area contributed by atoms with E-state index in [4.69, 9.17) is 0 Å². The predicted octanol–water partition coefficient (Wildman–Crippen LogP) is 4.12. The van der Waals surface area contributed by atoms with Crippen LogP contribution in [0.5, 0.6) is 0 Å². The minimum absolute atomic E-state index is 0.0569. The quantitative estimate of drug-likeness (QED) is 0.858. The highest BCUT2D eigenvalue weighted by molar-refractivity contribution is 5.94. The summed E-state index contributed by atoms with van der Waals surface area (Å²) in [5, 5.41) is 12.4. The van der Waals surface area contributed by atoms with Crippen LogP contribution in [0, 0.1) is 0 Å². The Morgan fingerprint density at radius 1 is 1.15 bits per heavy atom. The van der Waals surface area contributed by atoms with E-state index in [1.807, 2.05) is 13.0 Å². The van der Waals surface area contributed by atoms with Crippen LogP contribution in [0.15, 0.2) is 48.5 Å². The van der Waals surface area contributed by atoms with Gasteiger partial charge in [0.15, 0.2) is 0 Å². The van der Waals surface area contributed by atoms with Crippen molar-refractivity contribution in [2.45, 2.75) is 26.3 Å². The van der Waals surface area contributed by atoms with E-state index in [1.54, 1.807) is 18.2 Å². The Kier molecular flexibility index (Phi) is 4.41. The number of rotatable bonds is 5. The third-order valence-corrected chi connectivity index (χ3v) is 3.42. The Morgan fingerprint density at radius 3 is 2.40 bits per heavy atom. The number of carboxylic acid groups (broad SMARTS) is 1. The van der Waals surface area contributed by atoms with Crippen LogP contribution in [0.2, 0.25) is 0 Å². The van der Waals surface area contributed by atoms with Gasteiger partial charge in [0.05, 0.1) is 5.56 Å². The first kappa shape index (κ1) is 14.1. The molecule has 0 saturated carbocycles. The highest BCUT2D eigenvalue weighted by atomic mass is 16.4. The van der Waals surface area contributed by atoms with Crippen LogP contribution in [0.3, 0.4) is 0 Å². The van der Waals surface area contributed by atoms with Gasteiger partial charge in [0, 0.05) is 11.7 Å². The minimum Gasteiger partial charge on any atom is -0.478 e. The molecule has 3 nitrogen and oxygen atoms in total. The second-order valence-corrected chi connectivity index (χ2v) is 4.81.